The molecule has 1 aliphatic heterocycles. The summed E-state index contributed by atoms with van der Waals surface area (Å²) in [6, 6.07) is 33.4. The Morgan fingerprint density at radius 2 is 1.32 bits per heavy atom. The van der Waals surface area contributed by atoms with Gasteiger partial charge in [-0.05, 0) is 69.0 Å². The number of carbonyl (C=O) groups excluding carboxylic acids is 1. The summed E-state index contributed by atoms with van der Waals surface area (Å²) in [6.07, 6.45) is 15.7. The van der Waals surface area contributed by atoms with E-state index in [0.717, 1.165) is 12.8 Å². The first-order chi connectivity index (χ1) is 20.9. The maximum Gasteiger partial charge on any atom is 0.138 e. The summed E-state index contributed by atoms with van der Waals surface area (Å²) in [6.45, 7) is 8.50. The molecule has 3 nitrogen and oxygen atoms in total. The Labute approximate surface area is 277 Å². The van der Waals surface area contributed by atoms with Crippen LogP contribution >= 0.6 is 7.26 Å². The molecule has 1 saturated carbocycles. The Morgan fingerprint density at radius 3 is 1.82 bits per heavy atom. The van der Waals surface area contributed by atoms with Crippen LogP contribution < -0.4 is 32.9 Å². The van der Waals surface area contributed by atoms with Gasteiger partial charge in [-0.1, -0.05) is 113 Å². The maximum atomic E-state index is 12.0. The molecule has 2 aliphatic rings. The van der Waals surface area contributed by atoms with E-state index in [-0.39, 0.29) is 34.9 Å². The number of allylic oxidation sites excluding steroid dienone is 1. The normalized spacial score (nSPS) is 23.0. The fourth-order valence-electron chi connectivity index (χ4n) is 6.44. The van der Waals surface area contributed by atoms with Gasteiger partial charge in [0.25, 0.3) is 0 Å². The summed E-state index contributed by atoms with van der Waals surface area (Å²) < 4.78 is 0. The van der Waals surface area contributed by atoms with Crippen LogP contribution in [-0.4, -0.2) is 23.7 Å². The second-order valence-electron chi connectivity index (χ2n) is 12.4. The van der Waals surface area contributed by atoms with Crippen molar-refractivity contribution in [3.05, 3.63) is 103 Å². The predicted molar refractivity (Wildman–Crippen MR) is 184 cm³/mol. The summed E-state index contributed by atoms with van der Waals surface area (Å²) in [5, 5.41) is 4.47. The number of benzene rings is 3. The van der Waals surface area contributed by atoms with Crippen LogP contribution in [0.15, 0.2) is 103 Å². The standard InChI is InChI=1S/C22H24P.C17H28O3.BrH/c1-2-3-19-23(20-13-7-4-8-14-20,21-15-9-5-10-16-21)22-17-11-6-12-18-22;1-4-5-6-7-8-9-10-17(3)14-11-15(18)13(2)16(12-14)19-20-17;/h4-18H,2-3,19H2,1H3;9-10,13-14,16H,4-8,11-12H2,1-3H3;1H/q+1;;/p-1/b;10-9+;/t;13-,14+,16+,17-;/m.0./s1. The SMILES string of the molecule is CCCCCC/C=C/[C@]1(C)OO[C@@H]2C[C@H]1CC(=O)[C@@H]2C.CCCC[P+](c1ccccc1)(c1ccccc1)c1ccccc1.[Br-]. The van der Waals surface area contributed by atoms with Gasteiger partial charge in [-0.2, -0.15) is 0 Å². The van der Waals surface area contributed by atoms with Crippen molar-refractivity contribution in [3.63, 3.8) is 0 Å². The second-order valence-corrected chi connectivity index (χ2v) is 16.1. The summed E-state index contributed by atoms with van der Waals surface area (Å²) in [7, 11) is -1.57. The summed E-state index contributed by atoms with van der Waals surface area (Å²) in [4.78, 5) is 23.1. The Hall–Kier alpha value is -2.10. The zero-order valence-electron chi connectivity index (χ0n) is 27.2. The Morgan fingerprint density at radius 1 is 0.795 bits per heavy atom. The zero-order chi connectivity index (χ0) is 30.5. The number of fused-ring (bicyclic) bond motifs is 2. The lowest BCUT2D eigenvalue weighted by molar-refractivity contribution is -0.415. The lowest BCUT2D eigenvalue weighted by atomic mass is 9.71. The van der Waals surface area contributed by atoms with Crippen LogP contribution in [-0.2, 0) is 14.6 Å². The fourth-order valence-corrected chi connectivity index (χ4v) is 10.9. The molecule has 0 N–H and O–H groups in total. The molecule has 4 atom stereocenters. The average Bonchev–Trinajstić information content (AvgIpc) is 3.05. The monoisotopic (exact) mass is 678 g/mol. The number of unbranched alkanes of at least 4 members (excludes halogenated alkanes) is 5. The molecule has 5 rings (SSSR count). The van der Waals surface area contributed by atoms with E-state index in [1.54, 1.807) is 0 Å². The average molecular weight is 680 g/mol. The van der Waals surface area contributed by atoms with E-state index in [1.807, 2.05) is 13.8 Å². The molecule has 1 heterocycles. The van der Waals surface area contributed by atoms with Gasteiger partial charge in [-0.3, -0.25) is 4.79 Å². The van der Waals surface area contributed by atoms with Gasteiger partial charge in [0.05, 0.1) is 6.16 Å². The van der Waals surface area contributed by atoms with E-state index in [0.29, 0.717) is 12.2 Å². The number of Topliss-reactive ketones (excluding diaryl/α,β-unsaturated/α-hetero) is 1. The van der Waals surface area contributed by atoms with Gasteiger partial charge in [-0.25, -0.2) is 9.78 Å². The Kier molecular flexibility index (Phi) is 15.0. The van der Waals surface area contributed by atoms with Crippen LogP contribution in [0.3, 0.4) is 0 Å². The largest absolute Gasteiger partial charge is 1.00 e. The topological polar surface area (TPSA) is 35.5 Å². The van der Waals surface area contributed by atoms with Crippen LogP contribution in [0.1, 0.15) is 85.5 Å². The molecule has 3 aromatic carbocycles. The molecule has 44 heavy (non-hydrogen) atoms. The lowest BCUT2D eigenvalue weighted by Gasteiger charge is -2.45. The Bertz CT molecular complexity index is 1170. The van der Waals surface area contributed by atoms with Crippen molar-refractivity contribution >= 4 is 29.0 Å². The molecule has 2 bridgehead atoms. The first kappa shape index (κ1) is 36.4. The highest BCUT2D eigenvalue weighted by molar-refractivity contribution is 7.95. The van der Waals surface area contributed by atoms with Gasteiger partial charge < -0.3 is 17.0 Å². The van der Waals surface area contributed by atoms with Crippen molar-refractivity contribution in [2.45, 2.75) is 97.2 Å². The number of hydrogen-bond donors (Lipinski definition) is 0. The van der Waals surface area contributed by atoms with Gasteiger partial charge in [0, 0.05) is 18.3 Å². The van der Waals surface area contributed by atoms with Gasteiger partial charge in [-0.15, -0.1) is 0 Å². The molecule has 0 spiro atoms. The third kappa shape index (κ3) is 9.00. The van der Waals surface area contributed by atoms with Crippen LogP contribution in [0.5, 0.6) is 0 Å². The molecule has 0 unspecified atom stereocenters. The van der Waals surface area contributed by atoms with Gasteiger partial charge in [0.15, 0.2) is 0 Å². The molecule has 3 aromatic rings. The Balaban J connectivity index is 0.000000238. The van der Waals surface area contributed by atoms with Crippen LogP contribution in [0.4, 0.5) is 0 Å². The number of halogens is 1. The second kappa shape index (κ2) is 18.1. The summed E-state index contributed by atoms with van der Waals surface area (Å²) in [5.41, 5.74) is -0.433. The van der Waals surface area contributed by atoms with Crippen LogP contribution in [0, 0.1) is 11.8 Å². The predicted octanol–water partition coefficient (Wildman–Crippen LogP) is 6.00. The van der Waals surface area contributed by atoms with Crippen LogP contribution in [0.2, 0.25) is 0 Å². The third-order valence-electron chi connectivity index (χ3n) is 9.30. The zero-order valence-corrected chi connectivity index (χ0v) is 29.6. The summed E-state index contributed by atoms with van der Waals surface area (Å²) >= 11 is 0. The van der Waals surface area contributed by atoms with Crippen molar-refractivity contribution in [2.75, 3.05) is 6.16 Å². The lowest BCUT2D eigenvalue weighted by Crippen LogP contribution is -3.00. The van der Waals surface area contributed by atoms with Gasteiger partial charge in [0.1, 0.15) is 40.7 Å². The van der Waals surface area contributed by atoms with E-state index in [9.17, 15) is 4.79 Å². The van der Waals surface area contributed by atoms with Crippen molar-refractivity contribution in [1.82, 2.24) is 0 Å². The van der Waals surface area contributed by atoms with Crippen molar-refractivity contribution in [1.29, 1.82) is 0 Å². The first-order valence-electron chi connectivity index (χ1n) is 16.5. The first-order valence-corrected chi connectivity index (χ1v) is 18.5. The highest BCUT2D eigenvalue weighted by Gasteiger charge is 2.48. The van der Waals surface area contributed by atoms with Gasteiger partial charge in [0.2, 0.25) is 0 Å². The molecule has 0 radical (unpaired) electrons. The number of ketones is 1. The minimum atomic E-state index is -1.57. The van der Waals surface area contributed by atoms with E-state index in [2.05, 4.69) is 117 Å². The highest BCUT2D eigenvalue weighted by atomic mass is 79.9. The number of carbonyl (C=O) groups is 1. The molecule has 1 saturated heterocycles. The minimum absolute atomic E-state index is 0. The van der Waals surface area contributed by atoms with Crippen molar-refractivity contribution < 1.29 is 31.6 Å². The van der Waals surface area contributed by atoms with Gasteiger partial charge >= 0.3 is 0 Å². The summed E-state index contributed by atoms with van der Waals surface area (Å²) in [5.74, 6) is 0.558. The molecule has 0 aromatic heterocycles. The molecule has 1 aliphatic carbocycles. The highest BCUT2D eigenvalue weighted by Crippen LogP contribution is 2.55. The van der Waals surface area contributed by atoms with E-state index in [1.165, 1.54) is 60.6 Å². The molecule has 2 fully saturated rings. The van der Waals surface area contributed by atoms with Crippen molar-refractivity contribution in [3.8, 4) is 0 Å². The quantitative estimate of drug-likeness (QED) is 0.102. The molecule has 238 valence electrons. The minimum Gasteiger partial charge on any atom is -1.00 e. The maximum absolute atomic E-state index is 12.0. The van der Waals surface area contributed by atoms with Crippen LogP contribution in [0.25, 0.3) is 0 Å². The number of rotatable bonds is 12. The molecule has 0 amide bonds. The molecular formula is C39H52BrO3P. The van der Waals surface area contributed by atoms with E-state index in [4.69, 9.17) is 9.78 Å². The van der Waals surface area contributed by atoms with E-state index >= 15 is 0 Å². The molecular weight excluding hydrogens is 627 g/mol. The van der Waals surface area contributed by atoms with Crippen molar-refractivity contribution in [2.24, 2.45) is 11.8 Å². The number of hydrogen-bond acceptors (Lipinski definition) is 3. The smallest absolute Gasteiger partial charge is 0.138 e. The van der Waals surface area contributed by atoms with E-state index < -0.39 is 12.9 Å². The fraction of sp³-hybridized carbons (Fsp3) is 0.462. The molecule has 5 heteroatoms. The third-order valence-corrected chi connectivity index (χ3v) is 13.8.